The molecular weight excluding hydrogens is 359 g/mol. The van der Waals surface area contributed by atoms with E-state index in [2.05, 4.69) is 20.1 Å². The van der Waals surface area contributed by atoms with E-state index in [0.29, 0.717) is 18.0 Å². The van der Waals surface area contributed by atoms with E-state index in [1.807, 2.05) is 25.1 Å². The van der Waals surface area contributed by atoms with Crippen LogP contribution in [0.4, 0.5) is 10.1 Å². The Balaban J connectivity index is 1.48. The van der Waals surface area contributed by atoms with Crippen molar-refractivity contribution in [3.05, 3.63) is 54.3 Å². The van der Waals surface area contributed by atoms with Crippen molar-refractivity contribution in [2.45, 2.75) is 13.0 Å². The number of aliphatic imine (C=N–C) groups is 1. The number of phenols is 1. The fourth-order valence-electron chi connectivity index (χ4n) is 3.25. The lowest BCUT2D eigenvalue weighted by atomic mass is 10.2. The number of guanidine groups is 1. The van der Waals surface area contributed by atoms with Crippen LogP contribution in [0, 0.1) is 5.82 Å². The number of anilines is 1. The third-order valence-corrected chi connectivity index (χ3v) is 4.71. The first-order valence-electron chi connectivity index (χ1n) is 9.47. The van der Waals surface area contributed by atoms with E-state index in [4.69, 9.17) is 4.74 Å². The number of rotatable bonds is 5. The summed E-state index contributed by atoms with van der Waals surface area (Å²) in [5.41, 5.74) is 0.867. The minimum Gasteiger partial charge on any atom is -0.506 e. The van der Waals surface area contributed by atoms with Crippen molar-refractivity contribution in [3.8, 4) is 11.5 Å². The number of nitrogens with one attached hydrogen (secondary N) is 1. The van der Waals surface area contributed by atoms with Crippen LogP contribution in [-0.4, -0.2) is 61.8 Å². The molecule has 6 nitrogen and oxygen atoms in total. The molecule has 0 bridgehead atoms. The molecule has 28 heavy (non-hydrogen) atoms. The largest absolute Gasteiger partial charge is 0.506 e. The minimum atomic E-state index is -0.276. The quantitative estimate of drug-likeness (QED) is 0.611. The topological polar surface area (TPSA) is 60.3 Å². The van der Waals surface area contributed by atoms with Gasteiger partial charge in [0.1, 0.15) is 23.4 Å². The Morgan fingerprint density at radius 2 is 1.82 bits per heavy atom. The highest BCUT2D eigenvalue weighted by Gasteiger charge is 2.21. The molecule has 1 heterocycles. The van der Waals surface area contributed by atoms with Crippen molar-refractivity contribution >= 4 is 11.6 Å². The highest BCUT2D eigenvalue weighted by Crippen LogP contribution is 2.27. The summed E-state index contributed by atoms with van der Waals surface area (Å²) >= 11 is 0. The lowest BCUT2D eigenvalue weighted by Crippen LogP contribution is -2.53. The van der Waals surface area contributed by atoms with E-state index in [-0.39, 0.29) is 11.9 Å². The number of phenolic OH excluding ortho intramolecular Hbond substituents is 1. The lowest BCUT2D eigenvalue weighted by molar-refractivity contribution is 0.221. The molecule has 3 rings (SSSR count). The van der Waals surface area contributed by atoms with Gasteiger partial charge in [-0.2, -0.15) is 0 Å². The van der Waals surface area contributed by atoms with E-state index in [9.17, 15) is 9.50 Å². The van der Waals surface area contributed by atoms with Gasteiger partial charge >= 0.3 is 0 Å². The Morgan fingerprint density at radius 3 is 2.46 bits per heavy atom. The first-order chi connectivity index (χ1) is 13.6. The zero-order valence-corrected chi connectivity index (χ0v) is 16.3. The van der Waals surface area contributed by atoms with Gasteiger partial charge in [-0.3, -0.25) is 4.99 Å². The van der Waals surface area contributed by atoms with E-state index in [1.54, 1.807) is 25.2 Å². The summed E-state index contributed by atoms with van der Waals surface area (Å²) in [7, 11) is 1.77. The van der Waals surface area contributed by atoms with Crippen molar-refractivity contribution in [1.82, 2.24) is 10.2 Å². The number of para-hydroxylation sites is 2. The fourth-order valence-corrected chi connectivity index (χ4v) is 3.25. The van der Waals surface area contributed by atoms with Crippen molar-refractivity contribution < 1.29 is 14.2 Å². The zero-order chi connectivity index (χ0) is 19.9. The number of nitrogens with zero attached hydrogens (tertiary/aromatic N) is 3. The third kappa shape index (κ3) is 5.06. The molecule has 0 aromatic heterocycles. The standard InChI is InChI=1S/C21H27FN4O2/c1-16(28-18-9-7-17(22)8-10-18)15-24-21(23-2)26-13-11-25(12-14-26)19-5-3-4-6-20(19)27/h3-10,16,27H,11-15H2,1-2H3,(H,23,24). The molecule has 0 spiro atoms. The summed E-state index contributed by atoms with van der Waals surface area (Å²) in [4.78, 5) is 8.75. The van der Waals surface area contributed by atoms with E-state index >= 15 is 0 Å². The van der Waals surface area contributed by atoms with Crippen molar-refractivity contribution in [1.29, 1.82) is 0 Å². The Hall–Kier alpha value is -2.96. The van der Waals surface area contributed by atoms with Crippen LogP contribution < -0.4 is 15.0 Å². The summed E-state index contributed by atoms with van der Waals surface area (Å²) in [5, 5.41) is 13.4. The molecule has 0 aliphatic carbocycles. The number of hydrogen-bond acceptors (Lipinski definition) is 4. The number of ether oxygens (including phenoxy) is 1. The molecule has 7 heteroatoms. The SMILES string of the molecule is CN=C(NCC(C)Oc1ccc(F)cc1)N1CCN(c2ccccc2O)CC1. The molecule has 1 atom stereocenters. The van der Waals surface area contributed by atoms with Gasteiger partial charge in [0.15, 0.2) is 5.96 Å². The minimum absolute atomic E-state index is 0.0928. The van der Waals surface area contributed by atoms with Crippen LogP contribution in [-0.2, 0) is 0 Å². The molecule has 1 fully saturated rings. The van der Waals surface area contributed by atoms with E-state index in [1.165, 1.54) is 12.1 Å². The van der Waals surface area contributed by atoms with Crippen molar-refractivity contribution in [2.75, 3.05) is 44.7 Å². The predicted octanol–water partition coefficient (Wildman–Crippen LogP) is 2.70. The summed E-state index contributed by atoms with van der Waals surface area (Å²) in [6.07, 6.45) is -0.0928. The Kier molecular flexibility index (Phi) is 6.57. The van der Waals surface area contributed by atoms with E-state index in [0.717, 1.165) is 37.8 Å². The fraction of sp³-hybridized carbons (Fsp3) is 0.381. The number of hydrogen-bond donors (Lipinski definition) is 2. The monoisotopic (exact) mass is 386 g/mol. The molecule has 2 N–H and O–H groups in total. The molecule has 2 aromatic carbocycles. The van der Waals surface area contributed by atoms with Crippen LogP contribution in [0.1, 0.15) is 6.92 Å². The molecule has 150 valence electrons. The molecule has 1 aliphatic heterocycles. The third-order valence-electron chi connectivity index (χ3n) is 4.71. The Bertz CT molecular complexity index is 789. The van der Waals surface area contributed by atoms with Gasteiger partial charge in [0.25, 0.3) is 0 Å². The van der Waals surface area contributed by atoms with E-state index < -0.39 is 0 Å². The highest BCUT2D eigenvalue weighted by atomic mass is 19.1. The maximum atomic E-state index is 13.0. The lowest BCUT2D eigenvalue weighted by Gasteiger charge is -2.38. The molecule has 1 saturated heterocycles. The van der Waals surface area contributed by atoms with Gasteiger partial charge in [0, 0.05) is 33.2 Å². The van der Waals surface area contributed by atoms with Gasteiger partial charge in [-0.25, -0.2) is 4.39 Å². The predicted molar refractivity (Wildman–Crippen MR) is 110 cm³/mol. The number of benzene rings is 2. The van der Waals surface area contributed by atoms with Crippen LogP contribution in [0.15, 0.2) is 53.5 Å². The molecular formula is C21H27FN4O2. The van der Waals surface area contributed by atoms with Crippen molar-refractivity contribution in [2.24, 2.45) is 4.99 Å². The number of halogens is 1. The Labute approximate surface area is 165 Å². The van der Waals surface area contributed by atoms with Gasteiger partial charge in [0.05, 0.1) is 12.2 Å². The second-order valence-electron chi connectivity index (χ2n) is 6.77. The average Bonchev–Trinajstić information content (AvgIpc) is 2.71. The number of piperazine rings is 1. The van der Waals surface area contributed by atoms with Gasteiger partial charge in [0.2, 0.25) is 0 Å². The average molecular weight is 386 g/mol. The molecule has 1 aliphatic rings. The smallest absolute Gasteiger partial charge is 0.193 e. The maximum absolute atomic E-state index is 13.0. The molecule has 1 unspecified atom stereocenters. The maximum Gasteiger partial charge on any atom is 0.193 e. The van der Waals surface area contributed by atoms with Gasteiger partial charge in [-0.05, 0) is 43.3 Å². The van der Waals surface area contributed by atoms with Crippen LogP contribution in [0.5, 0.6) is 11.5 Å². The zero-order valence-electron chi connectivity index (χ0n) is 16.3. The van der Waals surface area contributed by atoms with Gasteiger partial charge < -0.3 is 25.0 Å². The summed E-state index contributed by atoms with van der Waals surface area (Å²) < 4.78 is 18.8. The molecule has 0 saturated carbocycles. The van der Waals surface area contributed by atoms with Crippen LogP contribution in [0.2, 0.25) is 0 Å². The van der Waals surface area contributed by atoms with Gasteiger partial charge in [-0.15, -0.1) is 0 Å². The van der Waals surface area contributed by atoms with Crippen LogP contribution in [0.25, 0.3) is 0 Å². The summed E-state index contributed by atoms with van der Waals surface area (Å²) in [6, 6.07) is 13.4. The Morgan fingerprint density at radius 1 is 1.14 bits per heavy atom. The molecule has 2 aromatic rings. The first-order valence-corrected chi connectivity index (χ1v) is 9.47. The van der Waals surface area contributed by atoms with Gasteiger partial charge in [-0.1, -0.05) is 12.1 Å². The molecule has 0 amide bonds. The number of aromatic hydroxyl groups is 1. The normalized spacial score (nSPS) is 16.0. The van der Waals surface area contributed by atoms with Crippen LogP contribution >= 0.6 is 0 Å². The summed E-state index contributed by atoms with van der Waals surface area (Å²) in [5.74, 6) is 1.50. The molecule has 0 radical (unpaired) electrons. The summed E-state index contributed by atoms with van der Waals surface area (Å²) in [6.45, 7) is 5.77. The van der Waals surface area contributed by atoms with Crippen LogP contribution in [0.3, 0.4) is 0 Å². The highest BCUT2D eigenvalue weighted by molar-refractivity contribution is 5.80. The second-order valence-corrected chi connectivity index (χ2v) is 6.77. The second kappa shape index (κ2) is 9.30. The first kappa shape index (κ1) is 19.8. The van der Waals surface area contributed by atoms with Crippen molar-refractivity contribution in [3.63, 3.8) is 0 Å².